The molecule has 22 nitrogen and oxygen atoms in total. The van der Waals surface area contributed by atoms with Gasteiger partial charge in [-0.25, -0.2) is 0 Å². The zero-order valence-corrected chi connectivity index (χ0v) is 31.1. The summed E-state index contributed by atoms with van der Waals surface area (Å²) < 4.78 is 52.5. The molecule has 0 saturated carbocycles. The lowest BCUT2D eigenvalue weighted by atomic mass is 9.93. The van der Waals surface area contributed by atoms with Crippen molar-refractivity contribution >= 4 is 64.6 Å². The van der Waals surface area contributed by atoms with Gasteiger partial charge in [-0.05, 0) is 0 Å². The molecule has 0 bridgehead atoms. The normalized spacial score (nSPS) is 37.7. The van der Waals surface area contributed by atoms with Crippen LogP contribution < -0.4 is 0 Å². The van der Waals surface area contributed by atoms with Gasteiger partial charge in [0.15, 0.2) is 24.8 Å². The molecule has 0 amide bonds. The van der Waals surface area contributed by atoms with Crippen molar-refractivity contribution in [3.63, 3.8) is 0 Å². The van der Waals surface area contributed by atoms with Crippen molar-refractivity contribution in [1.82, 2.24) is 0 Å². The van der Waals surface area contributed by atoms with Crippen molar-refractivity contribution in [2.45, 2.75) is 130 Å². The van der Waals surface area contributed by atoms with Crippen molar-refractivity contribution in [2.75, 3.05) is 19.8 Å². The molecule has 16 atom stereocenters. The van der Waals surface area contributed by atoms with Crippen molar-refractivity contribution in [2.24, 2.45) is 0 Å². The van der Waals surface area contributed by atoms with Crippen molar-refractivity contribution in [3.8, 4) is 0 Å². The number of hydrogen-bond acceptors (Lipinski definition) is 22. The summed E-state index contributed by atoms with van der Waals surface area (Å²) in [6.45, 7) is 1.23. The third-order valence-electron chi connectivity index (χ3n) is 8.01. The lowest BCUT2D eigenvalue weighted by molar-refractivity contribution is -0.379. The predicted octanol–water partition coefficient (Wildman–Crippen LogP) is -3.56. The second-order valence-electron chi connectivity index (χ2n) is 12.1. The van der Waals surface area contributed by atoms with Crippen LogP contribution in [0.15, 0.2) is 0 Å². The molecule has 3 rings (SSSR count). The molecular weight excluding hydrogens is 805 g/mol. The molecule has 0 aromatic heterocycles. The summed E-state index contributed by atoms with van der Waals surface area (Å²) in [6.07, 6.45) is -30.0. The van der Waals surface area contributed by atoms with Crippen LogP contribution in [0.5, 0.6) is 0 Å². The first-order valence-corrected chi connectivity index (χ1v) is 17.1. The number of alkyl halides is 3. The van der Waals surface area contributed by atoms with E-state index in [1.807, 2.05) is 0 Å². The lowest BCUT2D eigenvalue weighted by Crippen LogP contribution is -2.68. The third-order valence-corrected chi connectivity index (χ3v) is 8.53. The Kier molecular flexibility index (Phi) is 16.9. The quantitative estimate of drug-likeness (QED) is 0.0292. The highest BCUT2D eigenvalue weighted by molar-refractivity contribution is 6.76. The first-order chi connectivity index (χ1) is 25.1. The Labute approximate surface area is 321 Å². The first kappa shape index (κ1) is 46.1. The number of esters is 4. The zero-order valence-electron chi connectivity index (χ0n) is 28.8. The molecule has 1 unspecified atom stereocenters. The number of halogens is 3. The van der Waals surface area contributed by atoms with Crippen LogP contribution in [0.1, 0.15) is 27.7 Å². The predicted molar refractivity (Wildman–Crippen MR) is 172 cm³/mol. The minimum absolute atomic E-state index is 0.774. The number of carbonyl (C=O) groups excluding carboxylic acids is 4. The maximum atomic E-state index is 12.5. The zero-order chi connectivity index (χ0) is 40.8. The van der Waals surface area contributed by atoms with Gasteiger partial charge in [-0.15, -0.1) is 0 Å². The van der Waals surface area contributed by atoms with E-state index >= 15 is 0 Å². The monoisotopic (exact) mass is 845 g/mol. The van der Waals surface area contributed by atoms with Gasteiger partial charge in [0.2, 0.25) is 18.3 Å². The number of ether oxygens (including phenoxy) is 10. The summed E-state index contributed by atoms with van der Waals surface area (Å²) in [5.41, 5.74) is 0. The van der Waals surface area contributed by atoms with Crippen LogP contribution in [0, 0.1) is 5.41 Å². The molecular formula is C29H42Cl3NO21. The molecule has 3 aliphatic rings. The van der Waals surface area contributed by atoms with E-state index in [2.05, 4.69) is 0 Å². The van der Waals surface area contributed by atoms with Gasteiger partial charge in [0.25, 0.3) is 3.79 Å². The standard InChI is InChI=1S/C29H42Cl3NO21/c1-8(36)45-7-14(46-9(2)37)21-22(23(47-10(3)38)24(48-11(4)39)27(52-21)54-28(33)29(30,31)32)53-26-19(44)17(42)20(13(6-35)50-26)51-25-18(43)16(41)15(40)12(5-34)49-25/h12-27,33-35,40-44H,5-7H2,1-4H3/t12-,13-,14+,15+,16+,17-,18-,19-,20-,21-,22-,23+,24+,25+,26?,27-/m1/s1. The molecule has 0 aromatic rings. The molecule has 8 N–H and O–H groups in total. The number of carbonyl (C=O) groups is 4. The van der Waals surface area contributed by atoms with E-state index in [0.29, 0.717) is 0 Å². The second-order valence-corrected chi connectivity index (χ2v) is 14.4. The highest BCUT2D eigenvalue weighted by Gasteiger charge is 2.58. The van der Waals surface area contributed by atoms with Crippen molar-refractivity contribution in [3.05, 3.63) is 0 Å². The van der Waals surface area contributed by atoms with Crippen LogP contribution in [0.4, 0.5) is 0 Å². The van der Waals surface area contributed by atoms with Crippen LogP contribution >= 0.6 is 34.8 Å². The number of hydrogen-bond donors (Lipinski definition) is 8. The number of aliphatic hydroxyl groups is 7. The maximum absolute atomic E-state index is 12.5. The fourth-order valence-corrected chi connectivity index (χ4v) is 5.78. The average Bonchev–Trinajstić information content (AvgIpc) is 3.07. The smallest absolute Gasteiger partial charge is 0.303 e. The first-order valence-electron chi connectivity index (χ1n) is 16.0. The largest absolute Gasteiger partial charge is 0.462 e. The van der Waals surface area contributed by atoms with E-state index in [9.17, 15) is 54.9 Å². The summed E-state index contributed by atoms with van der Waals surface area (Å²) in [5, 5.41) is 81.0. The van der Waals surface area contributed by atoms with Gasteiger partial charge in [-0.3, -0.25) is 24.6 Å². The summed E-state index contributed by atoms with van der Waals surface area (Å²) in [6, 6.07) is 0. The molecule has 0 spiro atoms. The Morgan fingerprint density at radius 2 is 1.15 bits per heavy atom. The molecule has 0 aliphatic carbocycles. The van der Waals surface area contributed by atoms with Crippen molar-refractivity contribution in [1.29, 1.82) is 5.41 Å². The number of nitrogens with one attached hydrogen (secondary N) is 1. The van der Waals surface area contributed by atoms with E-state index in [1.165, 1.54) is 0 Å². The van der Waals surface area contributed by atoms with Crippen LogP contribution in [0.3, 0.4) is 0 Å². The van der Waals surface area contributed by atoms with Gasteiger partial charge >= 0.3 is 23.9 Å². The topological polar surface area (TPSA) is 326 Å². The minimum Gasteiger partial charge on any atom is -0.462 e. The van der Waals surface area contributed by atoms with Gasteiger partial charge in [-0.2, -0.15) is 0 Å². The van der Waals surface area contributed by atoms with Crippen LogP contribution in [0.25, 0.3) is 0 Å². The SMILES string of the molecule is CC(=O)OC[C@H](OC(C)=O)[C@H]1O[C@H](OC(=N)C(Cl)(Cl)Cl)[C@@H](OC(C)=O)[C@@H](OC(C)=O)[C@@H]1OC1O[C@H](CO)[C@@H](O[C@@H]2O[C@H](CO)[C@H](O)[C@H](O)[C@H]2O)[C@H](O)[C@H]1O. The molecule has 3 saturated heterocycles. The Hall–Kier alpha value is -2.26. The van der Waals surface area contributed by atoms with Crippen molar-refractivity contribution < 1.29 is 102 Å². The van der Waals surface area contributed by atoms with Gasteiger partial charge in [0, 0.05) is 27.7 Å². The summed E-state index contributed by atoms with van der Waals surface area (Å²) in [7, 11) is 0. The van der Waals surface area contributed by atoms with Gasteiger partial charge in [0.1, 0.15) is 67.6 Å². The number of aliphatic hydroxyl groups excluding tert-OH is 7. The van der Waals surface area contributed by atoms with Gasteiger partial charge < -0.3 is 83.1 Å². The number of rotatable bonds is 13. The molecule has 3 heterocycles. The Balaban J connectivity index is 2.07. The Morgan fingerprint density at radius 3 is 1.65 bits per heavy atom. The average molecular weight is 847 g/mol. The van der Waals surface area contributed by atoms with E-state index < -0.39 is 152 Å². The van der Waals surface area contributed by atoms with E-state index in [1.54, 1.807) is 0 Å². The molecule has 3 aliphatic heterocycles. The fourth-order valence-electron chi connectivity index (χ4n) is 5.64. The summed E-state index contributed by atoms with van der Waals surface area (Å²) in [5.74, 6) is -5.04. The highest BCUT2D eigenvalue weighted by atomic mass is 35.6. The highest BCUT2D eigenvalue weighted by Crippen LogP contribution is 2.37. The van der Waals surface area contributed by atoms with Gasteiger partial charge in [-0.1, -0.05) is 34.8 Å². The van der Waals surface area contributed by atoms with E-state index in [-0.39, 0.29) is 0 Å². The van der Waals surface area contributed by atoms with Crippen LogP contribution in [-0.2, 0) is 66.5 Å². The molecule has 3 fully saturated rings. The molecule has 310 valence electrons. The molecule has 54 heavy (non-hydrogen) atoms. The second kappa shape index (κ2) is 19.7. The van der Waals surface area contributed by atoms with Crippen LogP contribution in [-0.4, -0.2) is 187 Å². The van der Waals surface area contributed by atoms with Crippen LogP contribution in [0.2, 0.25) is 0 Å². The Bertz CT molecular complexity index is 1320. The van der Waals surface area contributed by atoms with E-state index in [4.69, 9.17) is 87.6 Å². The summed E-state index contributed by atoms with van der Waals surface area (Å²) >= 11 is 17.3. The maximum Gasteiger partial charge on any atom is 0.303 e. The minimum atomic E-state index is -2.53. The molecule has 0 radical (unpaired) electrons. The van der Waals surface area contributed by atoms with E-state index in [0.717, 1.165) is 27.7 Å². The Morgan fingerprint density at radius 1 is 0.630 bits per heavy atom. The third kappa shape index (κ3) is 11.6. The fraction of sp³-hybridized carbons (Fsp3) is 0.828. The molecule has 0 aromatic carbocycles. The van der Waals surface area contributed by atoms with Gasteiger partial charge in [0.05, 0.1) is 13.2 Å². The molecule has 25 heteroatoms. The summed E-state index contributed by atoms with van der Waals surface area (Å²) in [4.78, 5) is 48.8. The lowest BCUT2D eigenvalue weighted by Gasteiger charge is -2.49.